The Morgan fingerprint density at radius 3 is 2.38 bits per heavy atom. The smallest absolute Gasteiger partial charge is 0.348 e. The van der Waals surface area contributed by atoms with E-state index in [1.807, 2.05) is 30.3 Å². The first-order chi connectivity index (χ1) is 15.4. The Hall–Kier alpha value is -3.06. The average molecular weight is 456 g/mol. The van der Waals surface area contributed by atoms with Gasteiger partial charge < -0.3 is 10.0 Å². The minimum Gasteiger partial charge on any atom is -0.477 e. The summed E-state index contributed by atoms with van der Waals surface area (Å²) in [6.45, 7) is -0.160. The molecule has 1 aliphatic carbocycles. The molecule has 3 aromatic rings. The molecule has 0 bridgehead atoms. The van der Waals surface area contributed by atoms with Crippen molar-refractivity contribution >= 4 is 28.9 Å². The number of carboxylic acid groups (broad SMARTS) is 1. The Kier molecular flexibility index (Phi) is 6.65. The Labute approximate surface area is 189 Å². The van der Waals surface area contributed by atoms with E-state index in [0.717, 1.165) is 61.1 Å². The van der Waals surface area contributed by atoms with Crippen LogP contribution in [0.2, 0.25) is 0 Å². The van der Waals surface area contributed by atoms with Gasteiger partial charge in [-0.25, -0.2) is 13.6 Å². The lowest BCUT2D eigenvalue weighted by molar-refractivity contribution is -0.123. The third-order valence-corrected chi connectivity index (χ3v) is 6.98. The van der Waals surface area contributed by atoms with Gasteiger partial charge in [-0.2, -0.15) is 0 Å². The second-order valence-electron chi connectivity index (χ2n) is 7.99. The molecule has 1 N–H and O–H groups in total. The van der Waals surface area contributed by atoms with Crippen molar-refractivity contribution in [1.82, 2.24) is 0 Å². The van der Waals surface area contributed by atoms with Crippen LogP contribution >= 0.6 is 11.3 Å². The van der Waals surface area contributed by atoms with Crippen LogP contribution < -0.4 is 4.90 Å². The molecule has 0 aliphatic heterocycles. The van der Waals surface area contributed by atoms with Crippen molar-refractivity contribution in [3.05, 3.63) is 76.7 Å². The van der Waals surface area contributed by atoms with Crippen molar-refractivity contribution in [1.29, 1.82) is 0 Å². The van der Waals surface area contributed by atoms with Crippen molar-refractivity contribution in [2.75, 3.05) is 4.90 Å². The molecule has 0 spiro atoms. The fourth-order valence-electron chi connectivity index (χ4n) is 4.15. The molecule has 1 fully saturated rings. The third kappa shape index (κ3) is 4.72. The standard InChI is InChI=1S/C25H23F2NO3S/c26-19-12-11-18(20(27)13-19)15-28(24(29)17-9-5-2-6-10-17)21-14-22(32-23(21)25(30)31)16-7-3-1-4-8-16/h1,3-4,7-8,11-14,17H,2,5-6,9-10,15H2,(H,30,31). The summed E-state index contributed by atoms with van der Waals surface area (Å²) in [5.41, 5.74) is 1.23. The van der Waals surface area contributed by atoms with Crippen LogP contribution in [0, 0.1) is 17.6 Å². The first kappa shape index (κ1) is 22.1. The normalized spacial score (nSPS) is 14.3. The molecular weight excluding hydrogens is 432 g/mol. The van der Waals surface area contributed by atoms with Gasteiger partial charge in [-0.1, -0.05) is 55.7 Å². The number of carbonyl (C=O) groups is 2. The van der Waals surface area contributed by atoms with Crippen LogP contribution in [0.4, 0.5) is 14.5 Å². The number of amides is 1. The highest BCUT2D eigenvalue weighted by molar-refractivity contribution is 7.18. The second kappa shape index (κ2) is 9.61. The molecule has 1 aliphatic rings. The van der Waals surface area contributed by atoms with Crippen LogP contribution in [0.3, 0.4) is 0 Å². The molecule has 4 nitrogen and oxygen atoms in total. The number of nitrogens with zero attached hydrogens (tertiary/aromatic N) is 1. The number of hydrogen-bond acceptors (Lipinski definition) is 3. The molecule has 0 radical (unpaired) electrons. The molecule has 0 atom stereocenters. The molecule has 1 heterocycles. The molecule has 4 rings (SSSR count). The Morgan fingerprint density at radius 1 is 1.00 bits per heavy atom. The summed E-state index contributed by atoms with van der Waals surface area (Å²) in [7, 11) is 0. The molecule has 0 unspecified atom stereocenters. The zero-order valence-electron chi connectivity index (χ0n) is 17.4. The Balaban J connectivity index is 1.78. The van der Waals surface area contributed by atoms with Gasteiger partial charge in [-0.05, 0) is 30.5 Å². The molecule has 32 heavy (non-hydrogen) atoms. The van der Waals surface area contributed by atoms with E-state index in [4.69, 9.17) is 0 Å². The minimum absolute atomic E-state index is 0.0236. The van der Waals surface area contributed by atoms with E-state index in [2.05, 4.69) is 0 Å². The number of thiophene rings is 1. The average Bonchev–Trinajstić information content (AvgIpc) is 3.25. The zero-order valence-corrected chi connectivity index (χ0v) is 18.2. The highest BCUT2D eigenvalue weighted by atomic mass is 32.1. The highest BCUT2D eigenvalue weighted by Crippen LogP contribution is 2.39. The topological polar surface area (TPSA) is 57.6 Å². The van der Waals surface area contributed by atoms with Crippen LogP contribution in [0.15, 0.2) is 54.6 Å². The van der Waals surface area contributed by atoms with Gasteiger partial charge in [0.25, 0.3) is 0 Å². The van der Waals surface area contributed by atoms with E-state index in [1.54, 1.807) is 6.07 Å². The first-order valence-corrected chi connectivity index (χ1v) is 11.4. The number of aromatic carboxylic acids is 1. The first-order valence-electron chi connectivity index (χ1n) is 10.6. The van der Waals surface area contributed by atoms with Crippen molar-refractivity contribution in [3.63, 3.8) is 0 Å². The number of carbonyl (C=O) groups excluding carboxylic acids is 1. The van der Waals surface area contributed by atoms with Gasteiger partial charge in [0.2, 0.25) is 5.91 Å². The summed E-state index contributed by atoms with van der Waals surface area (Å²) in [6, 6.07) is 14.2. The third-order valence-electron chi connectivity index (χ3n) is 5.82. The predicted molar refractivity (Wildman–Crippen MR) is 121 cm³/mol. The number of halogens is 2. The maximum absolute atomic E-state index is 14.5. The van der Waals surface area contributed by atoms with Gasteiger partial charge in [0.15, 0.2) is 0 Å². The van der Waals surface area contributed by atoms with Gasteiger partial charge in [0.05, 0.1) is 12.2 Å². The van der Waals surface area contributed by atoms with Gasteiger partial charge in [-0.3, -0.25) is 4.79 Å². The predicted octanol–water partition coefficient (Wildman–Crippen LogP) is 6.51. The quantitative estimate of drug-likeness (QED) is 0.461. The summed E-state index contributed by atoms with van der Waals surface area (Å²) < 4.78 is 27.9. The van der Waals surface area contributed by atoms with Crippen LogP contribution in [0.25, 0.3) is 10.4 Å². The molecule has 1 saturated carbocycles. The SMILES string of the molecule is O=C(O)c1sc(-c2ccccc2)cc1N(Cc1ccc(F)cc1F)C(=O)C1CCCCC1. The lowest BCUT2D eigenvalue weighted by Gasteiger charge is -2.29. The molecule has 0 saturated heterocycles. The summed E-state index contributed by atoms with van der Waals surface area (Å²) in [6.07, 6.45) is 4.37. The summed E-state index contributed by atoms with van der Waals surface area (Å²) >= 11 is 1.08. The number of carboxylic acids is 1. The summed E-state index contributed by atoms with van der Waals surface area (Å²) in [4.78, 5) is 27.7. The van der Waals surface area contributed by atoms with E-state index in [9.17, 15) is 23.5 Å². The summed E-state index contributed by atoms with van der Waals surface area (Å²) in [5.74, 6) is -3.07. The van der Waals surface area contributed by atoms with Crippen LogP contribution in [-0.2, 0) is 11.3 Å². The largest absolute Gasteiger partial charge is 0.477 e. The van der Waals surface area contributed by atoms with E-state index >= 15 is 0 Å². The monoisotopic (exact) mass is 455 g/mol. The number of hydrogen-bond donors (Lipinski definition) is 1. The van der Waals surface area contributed by atoms with Crippen molar-refractivity contribution in [2.24, 2.45) is 5.92 Å². The number of benzene rings is 2. The molecular formula is C25H23F2NO3S. The molecule has 1 amide bonds. The lowest BCUT2D eigenvalue weighted by atomic mass is 9.88. The van der Waals surface area contributed by atoms with Crippen LogP contribution in [0.1, 0.15) is 47.3 Å². The Bertz CT molecular complexity index is 1120. The molecule has 2 aromatic carbocycles. The van der Waals surface area contributed by atoms with Gasteiger partial charge in [0.1, 0.15) is 16.5 Å². The van der Waals surface area contributed by atoms with Crippen LogP contribution in [-0.4, -0.2) is 17.0 Å². The van der Waals surface area contributed by atoms with E-state index in [1.165, 1.54) is 11.0 Å². The van der Waals surface area contributed by atoms with Crippen molar-refractivity contribution < 1.29 is 23.5 Å². The van der Waals surface area contributed by atoms with E-state index < -0.39 is 17.6 Å². The van der Waals surface area contributed by atoms with Gasteiger partial charge in [-0.15, -0.1) is 11.3 Å². The minimum atomic E-state index is -1.15. The van der Waals surface area contributed by atoms with Crippen LogP contribution in [0.5, 0.6) is 0 Å². The second-order valence-corrected chi connectivity index (χ2v) is 9.04. The van der Waals surface area contributed by atoms with Gasteiger partial charge >= 0.3 is 5.97 Å². The molecule has 7 heteroatoms. The lowest BCUT2D eigenvalue weighted by Crippen LogP contribution is -2.37. The van der Waals surface area contributed by atoms with E-state index in [-0.39, 0.29) is 34.5 Å². The van der Waals surface area contributed by atoms with Gasteiger partial charge in [0, 0.05) is 22.4 Å². The fraction of sp³-hybridized carbons (Fsp3) is 0.280. The maximum Gasteiger partial charge on any atom is 0.348 e. The fourth-order valence-corrected chi connectivity index (χ4v) is 5.16. The maximum atomic E-state index is 14.5. The number of rotatable bonds is 6. The number of anilines is 1. The highest BCUT2D eigenvalue weighted by Gasteiger charge is 2.31. The van der Waals surface area contributed by atoms with E-state index in [0.29, 0.717) is 4.88 Å². The molecule has 166 valence electrons. The zero-order chi connectivity index (χ0) is 22.7. The summed E-state index contributed by atoms with van der Waals surface area (Å²) in [5, 5.41) is 9.87. The Morgan fingerprint density at radius 2 is 1.72 bits per heavy atom. The van der Waals surface area contributed by atoms with Crippen molar-refractivity contribution in [2.45, 2.75) is 38.6 Å². The van der Waals surface area contributed by atoms with Crippen molar-refractivity contribution in [3.8, 4) is 10.4 Å². The molecule has 1 aromatic heterocycles.